The van der Waals surface area contributed by atoms with Crippen LogP contribution in [0.2, 0.25) is 0 Å². The molecule has 0 radical (unpaired) electrons. The summed E-state index contributed by atoms with van der Waals surface area (Å²) in [7, 11) is 4.22. The molecular formula is C86H85N7O10. The van der Waals surface area contributed by atoms with Gasteiger partial charge in [0, 0.05) is 108 Å². The van der Waals surface area contributed by atoms with E-state index < -0.39 is 17.8 Å². The van der Waals surface area contributed by atoms with Crippen LogP contribution in [0.4, 0.5) is 0 Å². The van der Waals surface area contributed by atoms with Crippen LogP contribution < -0.4 is 5.56 Å². The van der Waals surface area contributed by atoms with Gasteiger partial charge in [0.2, 0.25) is 5.56 Å². The van der Waals surface area contributed by atoms with E-state index in [0.717, 1.165) is 116 Å². The maximum atomic E-state index is 13.5. The molecule has 8 aromatic carbocycles. The summed E-state index contributed by atoms with van der Waals surface area (Å²) in [6, 6.07) is 73.4. The zero-order valence-electron chi connectivity index (χ0n) is 58.4. The van der Waals surface area contributed by atoms with Crippen molar-refractivity contribution in [2.24, 2.45) is 17.8 Å². The largest absolute Gasteiger partial charge is 0.469 e. The van der Waals surface area contributed by atoms with Crippen molar-refractivity contribution < 1.29 is 43.0 Å². The molecule has 6 atom stereocenters. The topological polar surface area (TPSA) is 228 Å². The number of para-hydroxylation sites is 2. The van der Waals surface area contributed by atoms with Gasteiger partial charge in [0.25, 0.3) is 17.7 Å². The first-order valence-electron chi connectivity index (χ1n) is 35.2. The Balaban J connectivity index is 0.000000146. The molecule has 0 aliphatic carbocycles. The number of likely N-dealkylation sites (tertiary alicyclic amines) is 3. The van der Waals surface area contributed by atoms with E-state index in [9.17, 15) is 33.6 Å². The minimum atomic E-state index is -0.492. The van der Waals surface area contributed by atoms with Gasteiger partial charge in [-0.05, 0) is 180 Å². The van der Waals surface area contributed by atoms with E-state index in [1.807, 2.05) is 180 Å². The van der Waals surface area contributed by atoms with E-state index in [2.05, 4.69) is 51.4 Å². The van der Waals surface area contributed by atoms with E-state index in [4.69, 9.17) is 19.6 Å². The van der Waals surface area contributed by atoms with Gasteiger partial charge in [-0.2, -0.15) is 0 Å². The lowest BCUT2D eigenvalue weighted by Gasteiger charge is -2.30. The number of methoxy groups -OCH3 is 3. The molecule has 4 N–H and O–H groups in total. The molecule has 3 amide bonds. The smallest absolute Gasteiger partial charge is 0.311 e. The fourth-order valence-corrected chi connectivity index (χ4v) is 14.9. The molecule has 14 rings (SSSR count). The fourth-order valence-electron chi connectivity index (χ4n) is 14.9. The number of hydrogen-bond donors (Lipinski definition) is 4. The van der Waals surface area contributed by atoms with Crippen LogP contribution in [0.15, 0.2) is 242 Å². The lowest BCUT2D eigenvalue weighted by molar-refractivity contribution is -0.148. The van der Waals surface area contributed by atoms with Crippen LogP contribution in [-0.2, 0) is 47.9 Å². The van der Waals surface area contributed by atoms with Gasteiger partial charge in [-0.15, -0.1) is 0 Å². The monoisotopic (exact) mass is 1380 g/mol. The zero-order valence-corrected chi connectivity index (χ0v) is 58.4. The van der Waals surface area contributed by atoms with Crippen molar-refractivity contribution in [2.45, 2.75) is 82.8 Å². The number of rotatable bonds is 19. The molecule has 11 aromatic rings. The highest BCUT2D eigenvalue weighted by atomic mass is 16.5. The molecule has 3 aromatic heterocycles. The Morgan fingerprint density at radius 2 is 0.767 bits per heavy atom. The fraction of sp³-hybridized carbons (Fsp3) is 0.256. The van der Waals surface area contributed by atoms with Crippen molar-refractivity contribution in [3.05, 3.63) is 286 Å². The maximum Gasteiger partial charge on any atom is 0.311 e. The van der Waals surface area contributed by atoms with Gasteiger partial charge in [0.1, 0.15) is 0 Å². The quantitative estimate of drug-likeness (QED) is 0.0340. The molecule has 103 heavy (non-hydrogen) atoms. The molecule has 3 saturated heterocycles. The van der Waals surface area contributed by atoms with E-state index in [1.54, 1.807) is 36.2 Å². The molecule has 524 valence electrons. The first-order chi connectivity index (χ1) is 50.1. The van der Waals surface area contributed by atoms with Crippen molar-refractivity contribution in [1.29, 1.82) is 5.41 Å². The van der Waals surface area contributed by atoms with Gasteiger partial charge < -0.3 is 49.3 Å². The van der Waals surface area contributed by atoms with Crippen LogP contribution >= 0.6 is 0 Å². The Labute approximate surface area is 599 Å². The number of H-pyrrole nitrogens is 3. The molecule has 17 heteroatoms. The number of carbonyl (C=O) groups is 6. The molecule has 0 bridgehead atoms. The maximum absolute atomic E-state index is 13.5. The Kier molecular flexibility index (Phi) is 22.9. The van der Waals surface area contributed by atoms with Crippen LogP contribution in [0, 0.1) is 23.2 Å². The Hall–Kier alpha value is -11.7. The molecule has 3 aliphatic rings. The number of carbonyl (C=O) groups excluding carboxylic acids is 6. The summed E-state index contributed by atoms with van der Waals surface area (Å²) in [6.45, 7) is 3.60. The summed E-state index contributed by atoms with van der Waals surface area (Å²) in [5, 5.41) is 10.1. The van der Waals surface area contributed by atoms with Crippen LogP contribution in [-0.4, -0.2) is 130 Å². The number of aromatic amines is 3. The van der Waals surface area contributed by atoms with Gasteiger partial charge in [-0.1, -0.05) is 152 Å². The SMILES string of the molecule is COC(=O)C(Cc1cc2ccccc2[nH]1)C1CCCN1C(=O)c1ccc(-c2ccccc2)cc1.COC(=O)C(Cc1cc2ccccc2[nH]1)C1CCCN1C(=O)c1ccc(-c2ccccc2)cc1.COC(=O)C(Cc1cccc(C(C)=N)c1)C1CCCN1C(=O)c1ccc(-c2ccc(=O)[nH]c2)cc1. The lowest BCUT2D eigenvalue weighted by Crippen LogP contribution is -2.44. The summed E-state index contributed by atoms with van der Waals surface area (Å²) < 4.78 is 15.5. The molecule has 0 spiro atoms. The highest BCUT2D eigenvalue weighted by Gasteiger charge is 2.43. The van der Waals surface area contributed by atoms with Crippen molar-refractivity contribution in [1.82, 2.24) is 29.7 Å². The highest BCUT2D eigenvalue weighted by molar-refractivity contribution is 5.98. The predicted molar refractivity (Wildman–Crippen MR) is 402 cm³/mol. The standard InChI is InChI=1S/2C29H28N2O3.C28H29N3O4/c2*1-34-29(33)25(19-24-18-23-10-5-6-11-26(23)30-24)27-12-7-17-31(27)28(32)22-15-13-21(14-16-22)20-8-3-2-4-9-20;1-18(29)22-6-3-5-19(15-22)16-24(28(34)35-2)25-7-4-14-31(25)27(33)21-10-8-20(9-11-21)23-12-13-26(32)30-17-23/h2*2-6,8-11,13-16,18,25,27,30H,7,12,17,19H2,1H3;3,5-6,8-13,15,17,24-25,29H,4,7,14,16H2,1-2H3,(H,30,32). The number of nitrogens with zero attached hydrogens (tertiary/aromatic N) is 3. The number of fused-ring (bicyclic) bond motifs is 2. The van der Waals surface area contributed by atoms with E-state index in [-0.39, 0.29) is 59.3 Å². The number of ether oxygens (including phenoxy) is 3. The number of esters is 3. The molecule has 0 saturated carbocycles. The van der Waals surface area contributed by atoms with Crippen molar-refractivity contribution >= 4 is 63.1 Å². The number of nitrogens with one attached hydrogen (secondary N) is 4. The molecule has 3 aliphatic heterocycles. The van der Waals surface area contributed by atoms with E-state index >= 15 is 0 Å². The molecular weight excluding hydrogens is 1290 g/mol. The van der Waals surface area contributed by atoms with Crippen molar-refractivity contribution in [3.63, 3.8) is 0 Å². The third-order valence-electron chi connectivity index (χ3n) is 20.2. The van der Waals surface area contributed by atoms with Crippen LogP contribution in [0.5, 0.6) is 0 Å². The van der Waals surface area contributed by atoms with Crippen LogP contribution in [0.25, 0.3) is 55.2 Å². The molecule has 17 nitrogen and oxygen atoms in total. The van der Waals surface area contributed by atoms with E-state index in [1.165, 1.54) is 27.4 Å². The summed E-state index contributed by atoms with van der Waals surface area (Å²) in [6.07, 6.45) is 7.95. The normalized spacial score (nSPS) is 16.3. The van der Waals surface area contributed by atoms with Gasteiger partial charge in [-0.25, -0.2) is 0 Å². The average molecular weight is 1380 g/mol. The molecule has 6 heterocycles. The minimum absolute atomic E-state index is 0.0346. The van der Waals surface area contributed by atoms with Gasteiger partial charge in [-0.3, -0.25) is 33.6 Å². The lowest BCUT2D eigenvalue weighted by atomic mass is 9.89. The summed E-state index contributed by atoms with van der Waals surface area (Å²) in [5.74, 6) is -2.40. The number of hydrogen-bond acceptors (Lipinski definition) is 11. The Bertz CT molecular complexity index is 4560. The predicted octanol–water partition coefficient (Wildman–Crippen LogP) is 15.0. The first kappa shape index (κ1) is 71.1. The summed E-state index contributed by atoms with van der Waals surface area (Å²) in [4.78, 5) is 105. The second kappa shape index (κ2) is 33.2. The summed E-state index contributed by atoms with van der Waals surface area (Å²) in [5.41, 5.74) is 14.0. The summed E-state index contributed by atoms with van der Waals surface area (Å²) >= 11 is 0. The average Bonchev–Trinajstić information content (AvgIpc) is 1.74. The van der Waals surface area contributed by atoms with Crippen LogP contribution in [0.1, 0.15) is 99.0 Å². The number of pyridine rings is 1. The second-order valence-corrected chi connectivity index (χ2v) is 26.6. The molecule has 6 unspecified atom stereocenters. The first-order valence-corrected chi connectivity index (χ1v) is 35.2. The minimum Gasteiger partial charge on any atom is -0.469 e. The number of amides is 3. The van der Waals surface area contributed by atoms with Gasteiger partial charge >= 0.3 is 17.9 Å². The van der Waals surface area contributed by atoms with E-state index in [0.29, 0.717) is 61.3 Å². The van der Waals surface area contributed by atoms with Gasteiger partial charge in [0.15, 0.2) is 0 Å². The zero-order chi connectivity index (χ0) is 71.9. The van der Waals surface area contributed by atoms with Crippen LogP contribution in [0.3, 0.4) is 0 Å². The number of aromatic nitrogens is 3. The molecule has 3 fully saturated rings. The third kappa shape index (κ3) is 16.9. The second-order valence-electron chi connectivity index (χ2n) is 26.6. The van der Waals surface area contributed by atoms with Gasteiger partial charge in [0.05, 0.1) is 39.1 Å². The third-order valence-corrected chi connectivity index (χ3v) is 20.2. The Morgan fingerprint density at radius 3 is 1.14 bits per heavy atom. The highest BCUT2D eigenvalue weighted by Crippen LogP contribution is 2.35. The number of benzene rings is 8. The Morgan fingerprint density at radius 1 is 0.408 bits per heavy atom. The van der Waals surface area contributed by atoms with Crippen molar-refractivity contribution in [3.8, 4) is 33.4 Å². The van der Waals surface area contributed by atoms with Crippen molar-refractivity contribution in [2.75, 3.05) is 41.0 Å².